The van der Waals surface area contributed by atoms with Crippen LogP contribution in [0, 0.1) is 11.3 Å². The molecule has 27 heavy (non-hydrogen) atoms. The third kappa shape index (κ3) is 3.51. The van der Waals surface area contributed by atoms with E-state index >= 15 is 0 Å². The molecule has 1 atom stereocenters. The number of rotatable bonds is 4. The lowest BCUT2D eigenvalue weighted by Crippen LogP contribution is -2.25. The van der Waals surface area contributed by atoms with E-state index in [1.807, 2.05) is 24.3 Å². The van der Waals surface area contributed by atoms with Gasteiger partial charge in [-0.05, 0) is 47.7 Å². The second kappa shape index (κ2) is 7.30. The largest absolute Gasteiger partial charge is 0.346 e. The Morgan fingerprint density at radius 1 is 1.30 bits per heavy atom. The number of fused-ring (bicyclic) bond motifs is 1. The molecule has 1 aromatic heterocycles. The molecule has 1 aliphatic carbocycles. The quantitative estimate of drug-likeness (QED) is 0.728. The van der Waals surface area contributed by atoms with Crippen molar-refractivity contribution in [2.45, 2.75) is 18.9 Å². The van der Waals surface area contributed by atoms with Crippen LogP contribution in [0.25, 0.3) is 11.8 Å². The van der Waals surface area contributed by atoms with Gasteiger partial charge < -0.3 is 9.88 Å². The van der Waals surface area contributed by atoms with Gasteiger partial charge in [-0.2, -0.15) is 5.26 Å². The molecule has 0 spiro atoms. The first-order valence-corrected chi connectivity index (χ1v) is 8.83. The Kier molecular flexibility index (Phi) is 4.54. The number of carbonyl (C=O) groups is 1. The van der Waals surface area contributed by atoms with Gasteiger partial charge in [0.15, 0.2) is 0 Å². The highest BCUT2D eigenvalue weighted by Gasteiger charge is 2.22. The summed E-state index contributed by atoms with van der Waals surface area (Å²) in [6.07, 6.45) is 10.3. The highest BCUT2D eigenvalue weighted by atomic mass is 16.1. The fraction of sp³-hybridized carbons (Fsp3) is 0.136. The van der Waals surface area contributed by atoms with E-state index in [1.165, 1.54) is 17.2 Å². The van der Waals surface area contributed by atoms with Crippen LogP contribution in [0.5, 0.6) is 0 Å². The van der Waals surface area contributed by atoms with Gasteiger partial charge in [0.2, 0.25) is 5.91 Å². The number of benzene rings is 2. The predicted octanol–water partition coefficient (Wildman–Crippen LogP) is 3.56. The molecule has 2 aromatic carbocycles. The van der Waals surface area contributed by atoms with Crippen LogP contribution in [0.2, 0.25) is 0 Å². The predicted molar refractivity (Wildman–Crippen MR) is 103 cm³/mol. The van der Waals surface area contributed by atoms with Crippen LogP contribution < -0.4 is 5.32 Å². The van der Waals surface area contributed by atoms with Gasteiger partial charge in [-0.1, -0.05) is 30.3 Å². The Balaban J connectivity index is 1.47. The van der Waals surface area contributed by atoms with Gasteiger partial charge in [-0.15, -0.1) is 0 Å². The van der Waals surface area contributed by atoms with E-state index in [1.54, 1.807) is 35.4 Å². The van der Waals surface area contributed by atoms with Gasteiger partial charge in [-0.25, -0.2) is 4.98 Å². The maximum absolute atomic E-state index is 12.3. The van der Waals surface area contributed by atoms with Crippen molar-refractivity contribution in [2.24, 2.45) is 0 Å². The third-order valence-corrected chi connectivity index (χ3v) is 4.80. The molecule has 3 aromatic rings. The molecule has 5 heteroatoms. The van der Waals surface area contributed by atoms with Crippen molar-refractivity contribution in [1.29, 1.82) is 5.26 Å². The summed E-state index contributed by atoms with van der Waals surface area (Å²) in [4.78, 5) is 16.3. The van der Waals surface area contributed by atoms with E-state index in [0.29, 0.717) is 5.56 Å². The van der Waals surface area contributed by atoms with Gasteiger partial charge in [0, 0.05) is 18.5 Å². The first kappa shape index (κ1) is 16.8. The Morgan fingerprint density at radius 2 is 2.19 bits per heavy atom. The Morgan fingerprint density at radius 3 is 3.00 bits per heavy atom. The monoisotopic (exact) mass is 354 g/mol. The average Bonchev–Trinajstić information content (AvgIpc) is 3.37. The van der Waals surface area contributed by atoms with Crippen molar-refractivity contribution in [3.63, 3.8) is 0 Å². The van der Waals surface area contributed by atoms with Crippen LogP contribution in [0.3, 0.4) is 0 Å². The summed E-state index contributed by atoms with van der Waals surface area (Å²) >= 11 is 0. The number of imidazole rings is 1. The van der Waals surface area contributed by atoms with E-state index in [9.17, 15) is 10.1 Å². The number of carbonyl (C=O) groups excluding carboxylic acids is 1. The van der Waals surface area contributed by atoms with Gasteiger partial charge >= 0.3 is 0 Å². The van der Waals surface area contributed by atoms with Crippen LogP contribution >= 0.6 is 0 Å². The second-order valence-corrected chi connectivity index (χ2v) is 6.49. The molecule has 5 nitrogen and oxygen atoms in total. The molecule has 0 fully saturated rings. The number of nitrogens with one attached hydrogen (secondary N) is 1. The van der Waals surface area contributed by atoms with Crippen LogP contribution in [-0.2, 0) is 11.2 Å². The molecule has 0 saturated carbocycles. The Bertz CT molecular complexity index is 1040. The molecule has 1 aliphatic rings. The van der Waals surface area contributed by atoms with E-state index in [-0.39, 0.29) is 11.9 Å². The van der Waals surface area contributed by atoms with E-state index in [2.05, 4.69) is 28.5 Å². The summed E-state index contributed by atoms with van der Waals surface area (Å²) in [6, 6.07) is 16.0. The smallest absolute Gasteiger partial charge is 0.244 e. The summed E-state index contributed by atoms with van der Waals surface area (Å²) in [5, 5.41) is 12.5. The molecule has 1 heterocycles. The lowest BCUT2D eigenvalue weighted by atomic mass is 10.1. The van der Waals surface area contributed by atoms with Crippen LogP contribution in [0.15, 0.2) is 67.3 Å². The minimum Gasteiger partial charge on any atom is -0.346 e. The molecule has 0 aliphatic heterocycles. The summed E-state index contributed by atoms with van der Waals surface area (Å²) in [6.45, 7) is 0. The average molecular weight is 354 g/mol. The van der Waals surface area contributed by atoms with Crippen LogP contribution in [0.4, 0.5) is 0 Å². The van der Waals surface area contributed by atoms with Gasteiger partial charge in [-0.3, -0.25) is 4.79 Å². The molecule has 1 N–H and O–H groups in total. The van der Waals surface area contributed by atoms with Gasteiger partial charge in [0.1, 0.15) is 6.07 Å². The highest BCUT2D eigenvalue weighted by molar-refractivity contribution is 5.92. The number of hydrogen-bond donors (Lipinski definition) is 1. The van der Waals surface area contributed by atoms with Crippen molar-refractivity contribution < 1.29 is 4.79 Å². The summed E-state index contributed by atoms with van der Waals surface area (Å²) in [5.74, 6) is -0.131. The van der Waals surface area contributed by atoms with E-state index < -0.39 is 0 Å². The number of hydrogen-bond acceptors (Lipinski definition) is 3. The standard InChI is InChI=1S/C22H18N4O/c23-14-18-13-16(5-9-21(18)26-12-11-24-15-26)6-10-22(27)25-20-8-7-17-3-1-2-4-19(17)20/h1-6,9-13,15,20H,7-8H2,(H,25,27)/b10-6+. The first-order chi connectivity index (χ1) is 13.2. The third-order valence-electron chi connectivity index (χ3n) is 4.80. The number of aryl methyl sites for hydroxylation is 1. The van der Waals surface area contributed by atoms with Crippen molar-refractivity contribution in [3.8, 4) is 11.8 Å². The minimum absolute atomic E-state index is 0.0663. The molecule has 0 bridgehead atoms. The van der Waals surface area contributed by atoms with E-state index in [0.717, 1.165) is 24.1 Å². The van der Waals surface area contributed by atoms with E-state index in [4.69, 9.17) is 0 Å². The molecular weight excluding hydrogens is 336 g/mol. The fourth-order valence-corrected chi connectivity index (χ4v) is 3.47. The van der Waals surface area contributed by atoms with Gasteiger partial charge in [0.25, 0.3) is 0 Å². The molecule has 1 unspecified atom stereocenters. The topological polar surface area (TPSA) is 70.7 Å². The molecule has 132 valence electrons. The molecular formula is C22H18N4O. The zero-order chi connectivity index (χ0) is 18.6. The summed E-state index contributed by atoms with van der Waals surface area (Å²) < 4.78 is 1.79. The van der Waals surface area contributed by atoms with Crippen molar-refractivity contribution in [3.05, 3.63) is 89.5 Å². The zero-order valence-corrected chi connectivity index (χ0v) is 14.7. The molecule has 0 saturated heterocycles. The van der Waals surface area contributed by atoms with Crippen molar-refractivity contribution in [2.75, 3.05) is 0 Å². The van der Waals surface area contributed by atoms with Gasteiger partial charge in [0.05, 0.1) is 23.6 Å². The highest BCUT2D eigenvalue weighted by Crippen LogP contribution is 2.30. The number of nitriles is 1. The van der Waals surface area contributed by atoms with Crippen LogP contribution in [0.1, 0.15) is 34.7 Å². The Hall–Kier alpha value is -3.65. The summed E-state index contributed by atoms with van der Waals surface area (Å²) in [7, 11) is 0. The normalized spacial score (nSPS) is 15.4. The molecule has 4 rings (SSSR count). The lowest BCUT2D eigenvalue weighted by molar-refractivity contribution is -0.117. The molecule has 0 radical (unpaired) electrons. The number of nitrogens with zero attached hydrogens (tertiary/aromatic N) is 3. The fourth-order valence-electron chi connectivity index (χ4n) is 3.47. The SMILES string of the molecule is N#Cc1cc(/C=C/C(=O)NC2CCc3ccccc32)ccc1-n1ccnc1. The maximum atomic E-state index is 12.3. The molecule has 1 amide bonds. The number of amides is 1. The summed E-state index contributed by atoms with van der Waals surface area (Å²) in [5.41, 5.74) is 4.60. The first-order valence-electron chi connectivity index (χ1n) is 8.83. The second-order valence-electron chi connectivity index (χ2n) is 6.49. The zero-order valence-electron chi connectivity index (χ0n) is 14.7. The van der Waals surface area contributed by atoms with Crippen LogP contribution in [-0.4, -0.2) is 15.5 Å². The maximum Gasteiger partial charge on any atom is 0.244 e. The van der Waals surface area contributed by atoms with Crippen molar-refractivity contribution >= 4 is 12.0 Å². The Labute approximate surface area is 157 Å². The lowest BCUT2D eigenvalue weighted by Gasteiger charge is -2.12. The number of aromatic nitrogens is 2. The minimum atomic E-state index is -0.131. The van der Waals surface area contributed by atoms with Crippen molar-refractivity contribution in [1.82, 2.24) is 14.9 Å².